The zero-order valence-corrected chi connectivity index (χ0v) is 9.64. The highest BCUT2D eigenvalue weighted by atomic mass is 32.1. The molecule has 0 atom stereocenters. The minimum atomic E-state index is -0.0705. The summed E-state index contributed by atoms with van der Waals surface area (Å²) >= 11 is 1.15. The first kappa shape index (κ1) is 12.1. The average molecular weight is 228 g/mol. The lowest BCUT2D eigenvalue weighted by atomic mass is 10.2. The van der Waals surface area contributed by atoms with Crippen LogP contribution in [0, 0.1) is 0 Å². The highest BCUT2D eigenvalue weighted by molar-refractivity contribution is 7.08. The number of nitrogens with zero attached hydrogens (tertiary/aromatic N) is 2. The molecule has 0 spiro atoms. The van der Waals surface area contributed by atoms with E-state index < -0.39 is 0 Å². The van der Waals surface area contributed by atoms with Crippen molar-refractivity contribution in [2.45, 2.75) is 26.2 Å². The molecule has 0 radical (unpaired) electrons. The van der Waals surface area contributed by atoms with Gasteiger partial charge in [0.25, 0.3) is 5.91 Å². The van der Waals surface area contributed by atoms with E-state index in [1.807, 2.05) is 6.92 Å². The van der Waals surface area contributed by atoms with Crippen molar-refractivity contribution in [3.8, 4) is 0 Å². The summed E-state index contributed by atoms with van der Waals surface area (Å²) in [6, 6.07) is 0. The van der Waals surface area contributed by atoms with Crippen LogP contribution in [0.1, 0.15) is 35.1 Å². The van der Waals surface area contributed by atoms with Gasteiger partial charge < -0.3 is 11.1 Å². The average Bonchev–Trinajstić information content (AvgIpc) is 2.72. The molecule has 6 heteroatoms. The Morgan fingerprint density at radius 1 is 1.53 bits per heavy atom. The van der Waals surface area contributed by atoms with Crippen molar-refractivity contribution in [1.82, 2.24) is 14.9 Å². The first-order valence-electron chi connectivity index (χ1n) is 5.09. The van der Waals surface area contributed by atoms with Gasteiger partial charge in [0, 0.05) is 6.54 Å². The van der Waals surface area contributed by atoms with Gasteiger partial charge in [-0.2, -0.15) is 0 Å². The molecule has 1 heterocycles. The molecule has 0 aliphatic rings. The molecule has 3 N–H and O–H groups in total. The quantitative estimate of drug-likeness (QED) is 0.697. The molecule has 1 aromatic heterocycles. The minimum absolute atomic E-state index is 0.0705. The predicted molar refractivity (Wildman–Crippen MR) is 59.9 cm³/mol. The molecule has 1 aromatic rings. The summed E-state index contributed by atoms with van der Waals surface area (Å²) in [7, 11) is 0. The van der Waals surface area contributed by atoms with Gasteiger partial charge in [0.2, 0.25) is 0 Å². The standard InChI is InChI=1S/C9H16N4OS/c1-2-7-8(15-13-12-7)9(14)11-6-4-3-5-10/h2-6,10H2,1H3,(H,11,14). The fraction of sp³-hybridized carbons (Fsp3) is 0.667. The maximum atomic E-state index is 11.6. The van der Waals surface area contributed by atoms with Crippen LogP contribution in [0.25, 0.3) is 0 Å². The summed E-state index contributed by atoms with van der Waals surface area (Å²) in [6.45, 7) is 3.29. The minimum Gasteiger partial charge on any atom is -0.351 e. The Kier molecular flexibility index (Phi) is 5.20. The van der Waals surface area contributed by atoms with Crippen LogP contribution >= 0.6 is 11.5 Å². The van der Waals surface area contributed by atoms with E-state index >= 15 is 0 Å². The lowest BCUT2D eigenvalue weighted by Crippen LogP contribution is -2.25. The van der Waals surface area contributed by atoms with E-state index in [-0.39, 0.29) is 5.91 Å². The van der Waals surface area contributed by atoms with Gasteiger partial charge >= 0.3 is 0 Å². The number of nitrogens with one attached hydrogen (secondary N) is 1. The molecular formula is C9H16N4OS. The highest BCUT2D eigenvalue weighted by Gasteiger charge is 2.13. The Balaban J connectivity index is 2.40. The molecule has 5 nitrogen and oxygen atoms in total. The van der Waals surface area contributed by atoms with Crippen molar-refractivity contribution in [3.05, 3.63) is 10.6 Å². The van der Waals surface area contributed by atoms with Crippen LogP contribution in [0.4, 0.5) is 0 Å². The lowest BCUT2D eigenvalue weighted by Gasteiger charge is -2.02. The molecule has 1 rings (SSSR count). The van der Waals surface area contributed by atoms with Gasteiger partial charge in [-0.1, -0.05) is 11.4 Å². The number of nitrogens with two attached hydrogens (primary N) is 1. The van der Waals surface area contributed by atoms with Crippen LogP contribution < -0.4 is 11.1 Å². The van der Waals surface area contributed by atoms with Crippen molar-refractivity contribution in [2.75, 3.05) is 13.1 Å². The Hall–Kier alpha value is -1.01. The first-order chi connectivity index (χ1) is 7.29. The van der Waals surface area contributed by atoms with Crippen LogP contribution in [-0.2, 0) is 6.42 Å². The number of carbonyl (C=O) groups excluding carboxylic acids is 1. The van der Waals surface area contributed by atoms with Crippen molar-refractivity contribution < 1.29 is 4.79 Å². The zero-order chi connectivity index (χ0) is 11.1. The van der Waals surface area contributed by atoms with Crippen LogP contribution in [0.3, 0.4) is 0 Å². The molecule has 15 heavy (non-hydrogen) atoms. The summed E-state index contributed by atoms with van der Waals surface area (Å²) in [5.74, 6) is -0.0705. The Morgan fingerprint density at radius 3 is 3.00 bits per heavy atom. The van der Waals surface area contributed by atoms with Gasteiger partial charge in [0.05, 0.1) is 5.69 Å². The number of rotatable bonds is 6. The van der Waals surface area contributed by atoms with E-state index in [1.165, 1.54) is 0 Å². The Labute approximate surface area is 93.2 Å². The number of carbonyl (C=O) groups is 1. The number of amides is 1. The van der Waals surface area contributed by atoms with Crippen molar-refractivity contribution in [2.24, 2.45) is 5.73 Å². The molecule has 84 valence electrons. The maximum Gasteiger partial charge on any atom is 0.264 e. The van der Waals surface area contributed by atoms with Crippen molar-refractivity contribution in [3.63, 3.8) is 0 Å². The summed E-state index contributed by atoms with van der Waals surface area (Å²) in [6.07, 6.45) is 2.58. The number of aromatic nitrogens is 2. The molecule has 0 aromatic carbocycles. The molecule has 0 saturated carbocycles. The lowest BCUT2D eigenvalue weighted by molar-refractivity contribution is 0.0956. The Morgan fingerprint density at radius 2 is 2.33 bits per heavy atom. The fourth-order valence-electron chi connectivity index (χ4n) is 1.16. The van der Waals surface area contributed by atoms with Gasteiger partial charge in [0.1, 0.15) is 4.88 Å². The summed E-state index contributed by atoms with van der Waals surface area (Å²) in [5, 5.41) is 6.72. The van der Waals surface area contributed by atoms with E-state index in [9.17, 15) is 4.79 Å². The Bertz CT molecular complexity index is 313. The van der Waals surface area contributed by atoms with E-state index in [2.05, 4.69) is 14.9 Å². The molecule has 0 fully saturated rings. The van der Waals surface area contributed by atoms with Gasteiger partial charge in [-0.25, -0.2) is 0 Å². The van der Waals surface area contributed by atoms with Gasteiger partial charge in [-0.15, -0.1) is 5.10 Å². The van der Waals surface area contributed by atoms with Crippen LogP contribution in [0.15, 0.2) is 0 Å². The topological polar surface area (TPSA) is 80.9 Å². The van der Waals surface area contributed by atoms with Crippen LogP contribution in [0.2, 0.25) is 0 Å². The molecule has 0 bridgehead atoms. The van der Waals surface area contributed by atoms with E-state index in [0.717, 1.165) is 36.5 Å². The number of aryl methyl sites for hydroxylation is 1. The summed E-state index contributed by atoms with van der Waals surface area (Å²) in [4.78, 5) is 12.3. The molecular weight excluding hydrogens is 212 g/mol. The highest BCUT2D eigenvalue weighted by Crippen LogP contribution is 2.10. The number of hydrogen-bond acceptors (Lipinski definition) is 5. The first-order valence-corrected chi connectivity index (χ1v) is 5.86. The largest absolute Gasteiger partial charge is 0.351 e. The summed E-state index contributed by atoms with van der Waals surface area (Å²) < 4.78 is 3.77. The second-order valence-corrected chi connectivity index (χ2v) is 3.91. The molecule has 0 saturated heterocycles. The second-order valence-electron chi connectivity index (χ2n) is 3.15. The maximum absolute atomic E-state index is 11.6. The predicted octanol–water partition coefficient (Wildman–Crippen LogP) is 0.569. The second kappa shape index (κ2) is 6.47. The number of unbranched alkanes of at least 4 members (excludes halogenated alkanes) is 1. The monoisotopic (exact) mass is 228 g/mol. The smallest absolute Gasteiger partial charge is 0.264 e. The molecule has 0 unspecified atom stereocenters. The van der Waals surface area contributed by atoms with Gasteiger partial charge in [-0.3, -0.25) is 4.79 Å². The SMILES string of the molecule is CCc1nnsc1C(=O)NCCCCN. The molecule has 0 aliphatic carbocycles. The summed E-state index contributed by atoms with van der Waals surface area (Å²) in [5.41, 5.74) is 6.13. The van der Waals surface area contributed by atoms with Crippen molar-refractivity contribution >= 4 is 17.4 Å². The van der Waals surface area contributed by atoms with E-state index in [4.69, 9.17) is 5.73 Å². The van der Waals surface area contributed by atoms with Gasteiger partial charge in [0.15, 0.2) is 0 Å². The zero-order valence-electron chi connectivity index (χ0n) is 8.82. The third-order valence-corrected chi connectivity index (χ3v) is 2.78. The molecule has 1 amide bonds. The fourth-order valence-corrected chi connectivity index (χ4v) is 1.83. The normalized spacial score (nSPS) is 10.3. The van der Waals surface area contributed by atoms with Crippen LogP contribution in [0.5, 0.6) is 0 Å². The van der Waals surface area contributed by atoms with Crippen LogP contribution in [-0.4, -0.2) is 28.6 Å². The van der Waals surface area contributed by atoms with E-state index in [1.54, 1.807) is 0 Å². The van der Waals surface area contributed by atoms with Crippen molar-refractivity contribution in [1.29, 1.82) is 0 Å². The number of hydrogen-bond donors (Lipinski definition) is 2. The van der Waals surface area contributed by atoms with E-state index in [0.29, 0.717) is 18.0 Å². The third-order valence-electron chi connectivity index (χ3n) is 2.01. The van der Waals surface area contributed by atoms with Gasteiger partial charge in [-0.05, 0) is 37.3 Å². The third kappa shape index (κ3) is 3.56. The molecule has 0 aliphatic heterocycles.